The van der Waals surface area contributed by atoms with Crippen LogP contribution in [0.15, 0.2) is 74.0 Å². The first-order valence-electron chi connectivity index (χ1n) is 11.8. The first-order valence-corrected chi connectivity index (χ1v) is 13.3. The molecule has 0 saturated carbocycles. The van der Waals surface area contributed by atoms with Crippen LogP contribution < -0.4 is 14.9 Å². The van der Waals surface area contributed by atoms with Crippen LogP contribution in [0.2, 0.25) is 10.0 Å². The molecule has 1 aliphatic rings. The molecule has 2 aromatic heterocycles. The first-order chi connectivity index (χ1) is 19.1. The van der Waals surface area contributed by atoms with Gasteiger partial charge in [0.1, 0.15) is 22.4 Å². The molecule has 204 valence electrons. The van der Waals surface area contributed by atoms with Gasteiger partial charge in [0.2, 0.25) is 0 Å². The number of hydrogen-bond acceptors (Lipinski definition) is 8. The van der Waals surface area contributed by atoms with Crippen molar-refractivity contribution in [3.8, 4) is 11.3 Å². The van der Waals surface area contributed by atoms with Gasteiger partial charge >= 0.3 is 5.97 Å². The van der Waals surface area contributed by atoms with E-state index in [1.54, 1.807) is 26.0 Å². The second-order valence-electron chi connectivity index (χ2n) is 8.60. The molecular formula is C27H18Cl2FN3O6S. The predicted octanol–water partition coefficient (Wildman–Crippen LogP) is 5.41. The second kappa shape index (κ2) is 10.8. The van der Waals surface area contributed by atoms with Crippen molar-refractivity contribution in [2.75, 3.05) is 6.61 Å². The zero-order chi connectivity index (χ0) is 28.7. The monoisotopic (exact) mass is 601 g/mol. The number of nitro benzene ring substituents is 1. The molecule has 0 fully saturated rings. The molecule has 0 aliphatic carbocycles. The van der Waals surface area contributed by atoms with E-state index in [2.05, 4.69) is 4.99 Å². The average Bonchev–Trinajstić information content (AvgIpc) is 3.49. The molecule has 0 saturated heterocycles. The third-order valence-corrected chi connectivity index (χ3v) is 7.70. The number of thiazole rings is 1. The fourth-order valence-electron chi connectivity index (χ4n) is 4.32. The maximum Gasteiger partial charge on any atom is 0.338 e. The van der Waals surface area contributed by atoms with Gasteiger partial charge in [-0.2, -0.15) is 0 Å². The van der Waals surface area contributed by atoms with Crippen molar-refractivity contribution in [2.45, 2.75) is 19.9 Å². The Kier molecular flexibility index (Phi) is 7.45. The van der Waals surface area contributed by atoms with Crippen molar-refractivity contribution in [3.63, 3.8) is 0 Å². The molecule has 13 heteroatoms. The molecule has 0 amide bonds. The van der Waals surface area contributed by atoms with Crippen LogP contribution in [0.25, 0.3) is 17.4 Å². The van der Waals surface area contributed by atoms with Gasteiger partial charge in [0.05, 0.1) is 38.4 Å². The summed E-state index contributed by atoms with van der Waals surface area (Å²) in [4.78, 5) is 41.9. The van der Waals surface area contributed by atoms with Crippen molar-refractivity contribution in [3.05, 3.63) is 117 Å². The highest BCUT2D eigenvalue weighted by Gasteiger charge is 2.33. The maximum atomic E-state index is 13.7. The van der Waals surface area contributed by atoms with Gasteiger partial charge in [0, 0.05) is 17.7 Å². The minimum atomic E-state index is -0.883. The summed E-state index contributed by atoms with van der Waals surface area (Å²) in [5.41, 5.74) is 0.627. The van der Waals surface area contributed by atoms with Gasteiger partial charge in [-0.05, 0) is 49.7 Å². The van der Waals surface area contributed by atoms with Gasteiger partial charge in [-0.15, -0.1) is 0 Å². The normalized spacial score (nSPS) is 15.1. The summed E-state index contributed by atoms with van der Waals surface area (Å²) >= 11 is 13.4. The number of benzene rings is 2. The van der Waals surface area contributed by atoms with Gasteiger partial charge in [-0.25, -0.2) is 14.2 Å². The Hall–Kier alpha value is -4.06. The van der Waals surface area contributed by atoms with Crippen molar-refractivity contribution in [1.29, 1.82) is 0 Å². The van der Waals surface area contributed by atoms with Crippen molar-refractivity contribution in [2.24, 2.45) is 4.99 Å². The second-order valence-corrected chi connectivity index (χ2v) is 10.4. The van der Waals surface area contributed by atoms with E-state index in [0.29, 0.717) is 27.4 Å². The van der Waals surface area contributed by atoms with Crippen LogP contribution >= 0.6 is 34.5 Å². The molecule has 0 radical (unpaired) electrons. The number of ether oxygens (including phenoxy) is 1. The van der Waals surface area contributed by atoms with E-state index in [9.17, 15) is 24.1 Å². The minimum absolute atomic E-state index is 0.0673. The van der Waals surface area contributed by atoms with Crippen LogP contribution in [0.1, 0.15) is 31.2 Å². The number of nitro groups is 1. The minimum Gasteiger partial charge on any atom is -0.463 e. The molecule has 0 unspecified atom stereocenters. The van der Waals surface area contributed by atoms with Crippen molar-refractivity contribution in [1.82, 2.24) is 4.57 Å². The van der Waals surface area contributed by atoms with E-state index in [4.69, 9.17) is 32.4 Å². The molecule has 3 heterocycles. The Morgan fingerprint density at radius 1 is 1.23 bits per heavy atom. The third kappa shape index (κ3) is 4.99. The van der Waals surface area contributed by atoms with E-state index in [0.717, 1.165) is 17.4 Å². The Morgan fingerprint density at radius 3 is 2.62 bits per heavy atom. The predicted molar refractivity (Wildman–Crippen MR) is 148 cm³/mol. The van der Waals surface area contributed by atoms with Crippen molar-refractivity contribution < 1.29 is 23.3 Å². The van der Waals surface area contributed by atoms with Crippen LogP contribution in [0.4, 0.5) is 10.1 Å². The van der Waals surface area contributed by atoms with Gasteiger partial charge in [-0.1, -0.05) is 46.7 Å². The number of esters is 1. The first kappa shape index (κ1) is 27.5. The fourth-order valence-corrected chi connectivity index (χ4v) is 5.83. The Balaban J connectivity index is 1.61. The summed E-state index contributed by atoms with van der Waals surface area (Å²) in [6.07, 6.45) is 1.51. The van der Waals surface area contributed by atoms with Crippen molar-refractivity contribution >= 4 is 52.3 Å². The van der Waals surface area contributed by atoms with Crippen LogP contribution in [0.5, 0.6) is 0 Å². The topological polar surface area (TPSA) is 117 Å². The number of aromatic nitrogens is 1. The number of allylic oxidation sites excluding steroid dienone is 1. The molecule has 0 spiro atoms. The SMILES string of the molecule is CCOC(=O)C1=C(C)N=c2s/c(=C/c3ccc(-c4cc(Cl)c([N+](=O)[O-])cc4Cl)o3)c(=O)n2[C@H]1c1ccc(F)cc1. The highest BCUT2D eigenvalue weighted by Crippen LogP contribution is 2.37. The highest BCUT2D eigenvalue weighted by molar-refractivity contribution is 7.07. The molecule has 0 N–H and O–H groups in total. The van der Waals surface area contributed by atoms with Crippen LogP contribution in [0.3, 0.4) is 0 Å². The summed E-state index contributed by atoms with van der Waals surface area (Å²) in [6, 6.07) is 10.3. The number of fused-ring (bicyclic) bond motifs is 1. The lowest BCUT2D eigenvalue weighted by Crippen LogP contribution is -2.39. The van der Waals surface area contributed by atoms with Crippen LogP contribution in [-0.2, 0) is 9.53 Å². The molecule has 2 aromatic carbocycles. The molecule has 9 nitrogen and oxygen atoms in total. The molecular weight excluding hydrogens is 584 g/mol. The highest BCUT2D eigenvalue weighted by atomic mass is 35.5. The van der Waals surface area contributed by atoms with Crippen LogP contribution in [-0.4, -0.2) is 22.1 Å². The number of halogens is 3. The lowest BCUT2D eigenvalue weighted by molar-refractivity contribution is -0.384. The van der Waals surface area contributed by atoms with Gasteiger partial charge < -0.3 is 9.15 Å². The van der Waals surface area contributed by atoms with E-state index in [-0.39, 0.29) is 38.2 Å². The van der Waals surface area contributed by atoms with Gasteiger partial charge in [0.25, 0.3) is 11.2 Å². The Morgan fingerprint density at radius 2 is 1.95 bits per heavy atom. The molecule has 4 aromatic rings. The summed E-state index contributed by atoms with van der Waals surface area (Å²) < 4.78 is 26.5. The number of carbonyl (C=O) groups excluding carboxylic acids is 1. The maximum absolute atomic E-state index is 13.7. The number of furan rings is 1. The van der Waals surface area contributed by atoms with E-state index in [1.165, 1.54) is 41.0 Å². The number of rotatable bonds is 6. The van der Waals surface area contributed by atoms with Gasteiger partial charge in [-0.3, -0.25) is 19.5 Å². The molecule has 1 aliphatic heterocycles. The van der Waals surface area contributed by atoms with Gasteiger partial charge in [0.15, 0.2) is 4.80 Å². The largest absolute Gasteiger partial charge is 0.463 e. The number of carbonyl (C=O) groups is 1. The van der Waals surface area contributed by atoms with E-state index < -0.39 is 28.3 Å². The molecule has 40 heavy (non-hydrogen) atoms. The summed E-state index contributed by atoms with van der Waals surface area (Å²) in [6.45, 7) is 3.45. The Bertz CT molecular complexity index is 1890. The average molecular weight is 602 g/mol. The van der Waals surface area contributed by atoms with E-state index >= 15 is 0 Å². The molecule has 5 rings (SSSR count). The zero-order valence-corrected chi connectivity index (χ0v) is 23.1. The quantitative estimate of drug-likeness (QED) is 0.166. The standard InChI is InChI=1S/C27H18Cl2FN3O6S/c1-3-38-26(35)23-13(2)31-27-32(24(23)14-4-6-15(30)7-5-14)25(34)22(40-27)10-16-8-9-21(39-16)17-11-19(29)20(33(36)37)12-18(17)28/h4-12,24H,3H2,1-2H3/b22-10+/t24-/m0/s1. The third-order valence-electron chi connectivity index (χ3n) is 6.10. The summed E-state index contributed by atoms with van der Waals surface area (Å²) in [5.74, 6) is -0.504. The summed E-state index contributed by atoms with van der Waals surface area (Å²) in [5, 5.41) is 11.1. The lowest BCUT2D eigenvalue weighted by atomic mass is 9.96. The number of hydrogen-bond donors (Lipinski definition) is 0. The van der Waals surface area contributed by atoms with E-state index in [1.807, 2.05) is 0 Å². The smallest absolute Gasteiger partial charge is 0.338 e. The lowest BCUT2D eigenvalue weighted by Gasteiger charge is -2.24. The fraction of sp³-hybridized carbons (Fsp3) is 0.148. The summed E-state index contributed by atoms with van der Waals surface area (Å²) in [7, 11) is 0. The van der Waals surface area contributed by atoms with Crippen LogP contribution in [0, 0.1) is 15.9 Å². The number of nitrogens with zero attached hydrogens (tertiary/aromatic N) is 3. The molecule has 0 bridgehead atoms. The Labute approximate surface area is 239 Å². The molecule has 1 atom stereocenters. The zero-order valence-electron chi connectivity index (χ0n) is 20.8.